The predicted octanol–water partition coefficient (Wildman–Crippen LogP) is 2.22. The van der Waals surface area contributed by atoms with Crippen molar-refractivity contribution in [2.45, 2.75) is 23.2 Å². The fourth-order valence-electron chi connectivity index (χ4n) is 1.33. The van der Waals surface area contributed by atoms with E-state index in [-0.39, 0.29) is 16.1 Å². The average Bonchev–Trinajstić information content (AvgIpc) is 2.44. The van der Waals surface area contributed by atoms with Gasteiger partial charge in [-0.2, -0.15) is 24.9 Å². The number of halogens is 3. The molecule has 2 N–H and O–H groups in total. The lowest BCUT2D eigenvalue weighted by Crippen LogP contribution is -2.33. The third kappa shape index (κ3) is 5.85. The highest BCUT2D eigenvalue weighted by Crippen LogP contribution is 2.18. The minimum absolute atomic E-state index is 0.252. The molecule has 5 nitrogen and oxygen atoms in total. The van der Waals surface area contributed by atoms with E-state index in [4.69, 9.17) is 0 Å². The van der Waals surface area contributed by atoms with E-state index in [1.807, 2.05) is 0 Å². The summed E-state index contributed by atoms with van der Waals surface area (Å²) in [7, 11) is -4.25. The molecule has 0 aliphatic rings. The number of sulfonamides is 1. The van der Waals surface area contributed by atoms with Crippen LogP contribution in [0.3, 0.4) is 0 Å². The first-order chi connectivity index (χ1) is 10.0. The van der Waals surface area contributed by atoms with E-state index >= 15 is 0 Å². The number of carbonyl (C=O) groups excluding carboxylic acids is 1. The molecule has 0 bridgehead atoms. The van der Waals surface area contributed by atoms with E-state index in [9.17, 15) is 26.4 Å². The number of hydrogen-bond acceptors (Lipinski definition) is 4. The normalized spacial score (nSPS) is 13.7. The highest BCUT2D eigenvalue weighted by atomic mass is 32.2. The van der Waals surface area contributed by atoms with Gasteiger partial charge in [-0.05, 0) is 37.4 Å². The van der Waals surface area contributed by atoms with Gasteiger partial charge in [-0.1, -0.05) is 0 Å². The van der Waals surface area contributed by atoms with Crippen molar-refractivity contribution in [3.05, 3.63) is 24.3 Å². The van der Waals surface area contributed by atoms with Crippen LogP contribution in [0.15, 0.2) is 29.2 Å². The number of hydrogen-bond donors (Lipinski definition) is 2. The number of benzene rings is 1. The van der Waals surface area contributed by atoms with Gasteiger partial charge in [0.1, 0.15) is 6.54 Å². The zero-order chi connectivity index (χ0) is 17.0. The first-order valence-electron chi connectivity index (χ1n) is 6.05. The molecule has 1 rings (SSSR count). The van der Waals surface area contributed by atoms with Gasteiger partial charge in [-0.25, -0.2) is 13.1 Å². The van der Waals surface area contributed by atoms with Crippen LogP contribution in [0.4, 0.5) is 18.9 Å². The Morgan fingerprint density at radius 2 is 1.82 bits per heavy atom. The quantitative estimate of drug-likeness (QED) is 0.820. The molecular formula is C12H15F3N2O3S2. The molecule has 0 aliphatic carbocycles. The second-order valence-corrected chi connectivity index (χ2v) is 7.28. The molecule has 0 aliphatic heterocycles. The van der Waals surface area contributed by atoms with Crippen LogP contribution in [0.5, 0.6) is 0 Å². The number of rotatable bonds is 6. The number of nitrogens with one attached hydrogen (secondary N) is 2. The Morgan fingerprint density at radius 3 is 2.27 bits per heavy atom. The molecule has 0 saturated carbocycles. The second kappa shape index (κ2) is 7.34. The minimum atomic E-state index is -4.63. The Balaban J connectivity index is 2.78. The SMILES string of the molecule is CSC(C)C(=O)Nc1ccc(S(=O)(=O)NCC(F)(F)F)cc1. The van der Waals surface area contributed by atoms with Gasteiger partial charge in [0.25, 0.3) is 0 Å². The van der Waals surface area contributed by atoms with Crippen LogP contribution >= 0.6 is 11.8 Å². The van der Waals surface area contributed by atoms with Crippen LogP contribution in [0.25, 0.3) is 0 Å². The molecule has 0 radical (unpaired) electrons. The molecule has 0 heterocycles. The van der Waals surface area contributed by atoms with E-state index in [1.165, 1.54) is 28.6 Å². The third-order valence-electron chi connectivity index (χ3n) is 2.62. The summed E-state index contributed by atoms with van der Waals surface area (Å²) in [5, 5.41) is 2.29. The molecule has 22 heavy (non-hydrogen) atoms. The Labute approximate surface area is 130 Å². The van der Waals surface area contributed by atoms with Crippen molar-refractivity contribution in [2.24, 2.45) is 0 Å². The molecule has 1 unspecified atom stereocenters. The number of amides is 1. The summed E-state index contributed by atoms with van der Waals surface area (Å²) in [6.45, 7) is 0.0684. The Bertz CT molecular complexity index is 615. The van der Waals surface area contributed by atoms with Crippen molar-refractivity contribution in [3.8, 4) is 0 Å². The maximum atomic E-state index is 12.0. The summed E-state index contributed by atoms with van der Waals surface area (Å²) in [6.07, 6.45) is -2.86. The lowest BCUT2D eigenvalue weighted by atomic mass is 10.3. The Morgan fingerprint density at radius 1 is 1.27 bits per heavy atom. The number of thioether (sulfide) groups is 1. The van der Waals surface area contributed by atoms with Crippen LogP contribution in [-0.2, 0) is 14.8 Å². The summed E-state index contributed by atoms with van der Waals surface area (Å²) in [4.78, 5) is 11.3. The van der Waals surface area contributed by atoms with Gasteiger partial charge in [0.15, 0.2) is 0 Å². The maximum Gasteiger partial charge on any atom is 0.402 e. The molecule has 0 saturated heterocycles. The van der Waals surface area contributed by atoms with E-state index in [0.717, 1.165) is 12.1 Å². The predicted molar refractivity (Wildman–Crippen MR) is 79.3 cm³/mol. The van der Waals surface area contributed by atoms with Crippen molar-refractivity contribution < 1.29 is 26.4 Å². The van der Waals surface area contributed by atoms with E-state index in [2.05, 4.69) is 5.32 Å². The summed E-state index contributed by atoms with van der Waals surface area (Å²) in [6, 6.07) is 4.87. The van der Waals surface area contributed by atoms with Gasteiger partial charge in [0.05, 0.1) is 10.1 Å². The first kappa shape index (κ1) is 18.8. The zero-order valence-electron chi connectivity index (χ0n) is 11.8. The minimum Gasteiger partial charge on any atom is -0.325 e. The van der Waals surface area contributed by atoms with Crippen molar-refractivity contribution in [2.75, 3.05) is 18.1 Å². The van der Waals surface area contributed by atoms with Gasteiger partial charge in [-0.15, -0.1) is 0 Å². The molecule has 0 fully saturated rings. The molecule has 124 valence electrons. The number of anilines is 1. The Kier molecular flexibility index (Phi) is 6.27. The average molecular weight is 356 g/mol. The van der Waals surface area contributed by atoms with Crippen LogP contribution in [0.1, 0.15) is 6.92 Å². The highest BCUT2D eigenvalue weighted by Gasteiger charge is 2.30. The molecule has 0 spiro atoms. The van der Waals surface area contributed by atoms with E-state index in [0.29, 0.717) is 5.69 Å². The monoisotopic (exact) mass is 356 g/mol. The lowest BCUT2D eigenvalue weighted by Gasteiger charge is -2.11. The molecule has 1 amide bonds. The molecule has 1 aromatic rings. The van der Waals surface area contributed by atoms with E-state index in [1.54, 1.807) is 13.2 Å². The molecular weight excluding hydrogens is 341 g/mol. The van der Waals surface area contributed by atoms with Crippen LogP contribution in [0, 0.1) is 0 Å². The topological polar surface area (TPSA) is 75.3 Å². The van der Waals surface area contributed by atoms with Crippen LogP contribution in [0.2, 0.25) is 0 Å². The third-order valence-corrected chi connectivity index (χ3v) is 4.96. The van der Waals surface area contributed by atoms with Gasteiger partial charge in [0.2, 0.25) is 15.9 Å². The molecule has 1 aromatic carbocycles. The molecule has 0 aromatic heterocycles. The van der Waals surface area contributed by atoms with Crippen molar-refractivity contribution in [1.82, 2.24) is 4.72 Å². The maximum absolute atomic E-state index is 12.0. The van der Waals surface area contributed by atoms with E-state index < -0.39 is 22.7 Å². The van der Waals surface area contributed by atoms with Crippen molar-refractivity contribution in [1.29, 1.82) is 0 Å². The zero-order valence-corrected chi connectivity index (χ0v) is 13.4. The second-order valence-electron chi connectivity index (χ2n) is 4.33. The molecule has 1 atom stereocenters. The standard InChI is InChI=1S/C12H15F3N2O3S2/c1-8(21-2)11(18)17-9-3-5-10(6-4-9)22(19,20)16-7-12(13,14)15/h3-6,8,16H,7H2,1-2H3,(H,17,18). The number of alkyl halides is 3. The van der Waals surface area contributed by atoms with Gasteiger partial charge in [0, 0.05) is 5.69 Å². The van der Waals surface area contributed by atoms with Crippen molar-refractivity contribution in [3.63, 3.8) is 0 Å². The summed E-state index contributed by atoms with van der Waals surface area (Å²) >= 11 is 1.34. The first-order valence-corrected chi connectivity index (χ1v) is 8.82. The summed E-state index contributed by atoms with van der Waals surface area (Å²) < 4.78 is 60.9. The summed E-state index contributed by atoms with van der Waals surface area (Å²) in [5.41, 5.74) is 0.362. The van der Waals surface area contributed by atoms with Gasteiger partial charge >= 0.3 is 6.18 Å². The van der Waals surface area contributed by atoms with Crippen LogP contribution in [-0.4, -0.2) is 38.6 Å². The van der Waals surface area contributed by atoms with Crippen LogP contribution < -0.4 is 10.0 Å². The fraction of sp³-hybridized carbons (Fsp3) is 0.417. The lowest BCUT2D eigenvalue weighted by molar-refractivity contribution is -0.121. The fourth-order valence-corrected chi connectivity index (χ4v) is 2.62. The summed E-state index contributed by atoms with van der Waals surface area (Å²) in [5.74, 6) is -0.252. The largest absolute Gasteiger partial charge is 0.402 e. The smallest absolute Gasteiger partial charge is 0.325 e. The number of carbonyl (C=O) groups is 1. The highest BCUT2D eigenvalue weighted by molar-refractivity contribution is 7.99. The van der Waals surface area contributed by atoms with Gasteiger partial charge in [-0.3, -0.25) is 4.79 Å². The molecule has 10 heteroatoms. The van der Waals surface area contributed by atoms with Crippen molar-refractivity contribution >= 4 is 33.4 Å². The van der Waals surface area contributed by atoms with Gasteiger partial charge < -0.3 is 5.32 Å². The Hall–Kier alpha value is -1.26.